The van der Waals surface area contributed by atoms with Gasteiger partial charge in [0.05, 0.1) is 0 Å². The molecule has 5 heteroatoms. The van der Waals surface area contributed by atoms with Crippen LogP contribution in [0, 0.1) is 5.92 Å². The molecule has 0 saturated carbocycles. The van der Waals surface area contributed by atoms with E-state index < -0.39 is 0 Å². The van der Waals surface area contributed by atoms with Gasteiger partial charge < -0.3 is 37.2 Å². The van der Waals surface area contributed by atoms with Gasteiger partial charge in [0.15, 0.2) is 0 Å². The first-order valence-corrected chi connectivity index (χ1v) is 7.58. The van der Waals surface area contributed by atoms with Crippen molar-refractivity contribution in [2.75, 3.05) is 6.61 Å². The number of hydrogen-bond acceptors (Lipinski definition) is 1. The molecule has 0 amide bonds. The molecule has 0 aromatic heterocycles. The molecule has 0 aliphatic heterocycles. The topological polar surface area (TPSA) is 9.23 Å². The van der Waals surface area contributed by atoms with Gasteiger partial charge in [0, 0.05) is 0 Å². The van der Waals surface area contributed by atoms with Crippen LogP contribution in [0.1, 0.15) is 40.5 Å². The summed E-state index contributed by atoms with van der Waals surface area (Å²) in [6, 6.07) is 0. The number of allylic oxidation sites excluding steroid dienone is 6. The molecule has 0 bridgehead atoms. The van der Waals surface area contributed by atoms with Gasteiger partial charge in [-0.3, -0.25) is 0 Å². The fourth-order valence-electron chi connectivity index (χ4n) is 2.95. The van der Waals surface area contributed by atoms with E-state index in [0.29, 0.717) is 5.92 Å². The van der Waals surface area contributed by atoms with Crippen LogP contribution < -0.4 is 37.2 Å². The molecule has 21 heavy (non-hydrogen) atoms. The van der Waals surface area contributed by atoms with Gasteiger partial charge in [0.1, 0.15) is 0 Å². The summed E-state index contributed by atoms with van der Waals surface area (Å²) in [5.74, 6) is 0.492. The van der Waals surface area contributed by atoms with Crippen molar-refractivity contribution in [2.24, 2.45) is 5.92 Å². The Bertz CT molecular complexity index is 448. The van der Waals surface area contributed by atoms with Crippen LogP contribution in [0.15, 0.2) is 45.6 Å². The first-order chi connectivity index (χ1) is 8.56. The third kappa shape index (κ3) is 5.08. The van der Waals surface area contributed by atoms with E-state index in [-0.39, 0.29) is 37.2 Å². The summed E-state index contributed by atoms with van der Waals surface area (Å²) < 4.78 is 5.57. The second-order valence-corrected chi connectivity index (χ2v) is 6.06. The zero-order valence-corrected chi connectivity index (χ0v) is 17.6. The summed E-state index contributed by atoms with van der Waals surface area (Å²) in [4.78, 5) is 0. The standard InChI is InChI=1S/C16H21O.3ClH.Zr/c1-10-5-7-14(12(10)3)16(9-17)15-8-6-11(2)13(15)4;;;;/h5-6,16H,7-9H2,1-4H3;3*1H;/q-1;;;;+4/p-3. The van der Waals surface area contributed by atoms with Crippen LogP contribution in [-0.2, 0) is 28.0 Å². The summed E-state index contributed by atoms with van der Waals surface area (Å²) in [5, 5.41) is 0. The molecule has 0 unspecified atom stereocenters. The fraction of sp³-hybridized carbons (Fsp3) is 0.500. The number of halogens is 3. The average Bonchev–Trinajstić information content (AvgIpc) is 2.84. The Hall–Kier alpha value is 0.673. The monoisotopic (exact) mass is 424 g/mol. The van der Waals surface area contributed by atoms with Crippen LogP contribution >= 0.6 is 0 Å². The molecule has 0 N–H and O–H groups in total. The van der Waals surface area contributed by atoms with Crippen LogP contribution in [0.2, 0.25) is 0 Å². The van der Waals surface area contributed by atoms with Crippen molar-refractivity contribution in [3.63, 3.8) is 0 Å². The van der Waals surface area contributed by atoms with Gasteiger partial charge in [-0.25, -0.2) is 0 Å². The Morgan fingerprint density at radius 3 is 1.52 bits per heavy atom. The van der Waals surface area contributed by atoms with E-state index in [1.165, 1.54) is 47.5 Å². The Kier molecular flexibility index (Phi) is 11.9. The Morgan fingerprint density at radius 1 is 0.905 bits per heavy atom. The molecule has 2 aliphatic rings. The minimum absolute atomic E-state index is 0. The van der Waals surface area contributed by atoms with E-state index in [2.05, 4.69) is 39.8 Å². The Balaban J connectivity index is 0. The molecular weight excluding hydrogens is 406 g/mol. The Labute approximate surface area is 163 Å². The SMILES string of the molecule is CC1=CCC(C(C[O][Zr+3])C2=C(C)C(C)=CC2)=C1C.[Cl-].[Cl-].[Cl-]. The maximum absolute atomic E-state index is 5.57. The molecule has 2 aliphatic carbocycles. The zero-order valence-electron chi connectivity index (χ0n) is 12.9. The van der Waals surface area contributed by atoms with Crippen molar-refractivity contribution in [3.05, 3.63) is 45.6 Å². The van der Waals surface area contributed by atoms with E-state index in [9.17, 15) is 0 Å². The third-order valence-corrected chi connectivity index (χ3v) is 4.90. The molecule has 0 radical (unpaired) electrons. The van der Waals surface area contributed by atoms with Gasteiger partial charge in [-0.1, -0.05) is 0 Å². The average molecular weight is 427 g/mol. The van der Waals surface area contributed by atoms with Crippen LogP contribution in [0.25, 0.3) is 0 Å². The minimum atomic E-state index is 0. The van der Waals surface area contributed by atoms with Crippen LogP contribution in [-0.4, -0.2) is 6.61 Å². The minimum Gasteiger partial charge on any atom is -1.00 e. The van der Waals surface area contributed by atoms with E-state index in [1.54, 1.807) is 11.1 Å². The van der Waals surface area contributed by atoms with Crippen LogP contribution in [0.5, 0.6) is 0 Å². The van der Waals surface area contributed by atoms with Gasteiger partial charge in [-0.2, -0.15) is 0 Å². The molecule has 0 atom stereocenters. The van der Waals surface area contributed by atoms with Gasteiger partial charge in [-0.05, 0) is 0 Å². The molecule has 116 valence electrons. The van der Waals surface area contributed by atoms with Crippen LogP contribution in [0.4, 0.5) is 0 Å². The molecule has 1 nitrogen and oxygen atoms in total. The summed E-state index contributed by atoms with van der Waals surface area (Å²) in [6.07, 6.45) is 6.92. The summed E-state index contributed by atoms with van der Waals surface area (Å²) in [6.45, 7) is 9.80. The maximum atomic E-state index is 5.57. The maximum Gasteiger partial charge on any atom is -1.00 e. The summed E-state index contributed by atoms with van der Waals surface area (Å²) in [5.41, 5.74) is 9.01. The van der Waals surface area contributed by atoms with E-state index >= 15 is 0 Å². The number of rotatable bonds is 4. The summed E-state index contributed by atoms with van der Waals surface area (Å²) in [7, 11) is 0. The Morgan fingerprint density at radius 2 is 1.29 bits per heavy atom. The normalized spacial score (nSPS) is 17.3. The smallest absolute Gasteiger partial charge is 1.00 e. The molecule has 2 rings (SSSR count). The second-order valence-electron chi connectivity index (χ2n) is 5.35. The molecule has 0 aromatic rings. The quantitative estimate of drug-likeness (QED) is 0.440. The molecule has 0 heterocycles. The molecule has 0 saturated heterocycles. The van der Waals surface area contributed by atoms with Crippen molar-refractivity contribution in [3.8, 4) is 0 Å². The molecule has 0 spiro atoms. The first kappa shape index (κ1) is 23.9. The predicted molar refractivity (Wildman–Crippen MR) is 71.6 cm³/mol. The molecule has 0 fully saturated rings. The molecular formula is C16H21Cl3OZr. The molecule has 0 aromatic carbocycles. The van der Waals surface area contributed by atoms with E-state index in [4.69, 9.17) is 2.81 Å². The fourth-order valence-corrected chi connectivity index (χ4v) is 3.36. The van der Waals surface area contributed by atoms with Crippen molar-refractivity contribution in [1.29, 1.82) is 0 Å². The van der Waals surface area contributed by atoms with Gasteiger partial charge in [-0.15, -0.1) is 0 Å². The van der Waals surface area contributed by atoms with E-state index in [0.717, 1.165) is 19.4 Å². The largest absolute Gasteiger partial charge is 1.00 e. The van der Waals surface area contributed by atoms with Crippen molar-refractivity contribution < 1.29 is 65.2 Å². The van der Waals surface area contributed by atoms with Gasteiger partial charge >= 0.3 is 127 Å². The van der Waals surface area contributed by atoms with Crippen molar-refractivity contribution in [1.82, 2.24) is 0 Å². The summed E-state index contributed by atoms with van der Waals surface area (Å²) >= 11 is 1.17. The van der Waals surface area contributed by atoms with Gasteiger partial charge in [0.2, 0.25) is 0 Å². The van der Waals surface area contributed by atoms with Gasteiger partial charge in [0.25, 0.3) is 0 Å². The second kappa shape index (κ2) is 10.4. The predicted octanol–water partition coefficient (Wildman–Crippen LogP) is -4.57. The number of hydrogen-bond donors (Lipinski definition) is 0. The van der Waals surface area contributed by atoms with E-state index in [1.807, 2.05) is 0 Å². The zero-order chi connectivity index (χ0) is 13.3. The first-order valence-electron chi connectivity index (χ1n) is 6.58. The van der Waals surface area contributed by atoms with Crippen molar-refractivity contribution >= 4 is 0 Å². The van der Waals surface area contributed by atoms with Crippen molar-refractivity contribution in [2.45, 2.75) is 40.5 Å². The third-order valence-electron chi connectivity index (χ3n) is 4.49. The van der Waals surface area contributed by atoms with Crippen LogP contribution in [0.3, 0.4) is 0 Å².